The van der Waals surface area contributed by atoms with E-state index in [0.29, 0.717) is 0 Å². The molecule has 2 aromatic carbocycles. The summed E-state index contributed by atoms with van der Waals surface area (Å²) in [5, 5.41) is 2.55. The molecule has 0 aromatic heterocycles. The molecule has 2 aromatic rings. The first-order valence-electron chi connectivity index (χ1n) is 8.12. The second-order valence-corrected chi connectivity index (χ2v) is 6.42. The zero-order valence-electron chi connectivity index (χ0n) is 13.6. The Morgan fingerprint density at radius 2 is 1.91 bits per heavy atom. The average Bonchev–Trinajstić information content (AvgIpc) is 2.98. The highest BCUT2D eigenvalue weighted by atomic mass is 35.5. The largest absolute Gasteiger partial charge is 0.345 e. The predicted octanol–water partition coefficient (Wildman–Crippen LogP) is 3.39. The maximum absolute atomic E-state index is 12.4. The van der Waals surface area contributed by atoms with Crippen molar-refractivity contribution >= 4 is 29.1 Å². The molecule has 2 unspecified atom stereocenters. The number of carbonyl (C=O) groups excluding carboxylic acids is 1. The molecule has 1 aliphatic carbocycles. The Kier molecular flexibility index (Phi) is 6.03. The van der Waals surface area contributed by atoms with Gasteiger partial charge in [0.1, 0.15) is 0 Å². The van der Waals surface area contributed by atoms with E-state index in [0.717, 1.165) is 32.2 Å². The zero-order valence-corrected chi connectivity index (χ0v) is 14.4. The molecule has 2 atom stereocenters. The van der Waals surface area contributed by atoms with Crippen molar-refractivity contribution in [2.45, 2.75) is 31.7 Å². The minimum atomic E-state index is 0. The summed E-state index contributed by atoms with van der Waals surface area (Å²) >= 11 is 0. The van der Waals surface area contributed by atoms with Crippen LogP contribution in [-0.2, 0) is 11.2 Å². The Bertz CT molecular complexity index is 668. The SMILES string of the molecule is CN(CCc1cccc2ccccc12)C(=O)C1CCC(N)C1.Cl. The summed E-state index contributed by atoms with van der Waals surface area (Å²) in [6, 6.07) is 15.0. The van der Waals surface area contributed by atoms with Crippen LogP contribution < -0.4 is 5.73 Å². The lowest BCUT2D eigenvalue weighted by atomic mass is 10.0. The predicted molar refractivity (Wildman–Crippen MR) is 97.9 cm³/mol. The van der Waals surface area contributed by atoms with Crippen LogP contribution in [0.3, 0.4) is 0 Å². The number of benzene rings is 2. The lowest BCUT2D eigenvalue weighted by molar-refractivity contribution is -0.134. The van der Waals surface area contributed by atoms with Gasteiger partial charge in [0.2, 0.25) is 5.91 Å². The van der Waals surface area contributed by atoms with E-state index < -0.39 is 0 Å². The molecule has 0 radical (unpaired) electrons. The smallest absolute Gasteiger partial charge is 0.225 e. The van der Waals surface area contributed by atoms with Crippen LogP contribution in [0, 0.1) is 5.92 Å². The molecule has 0 saturated heterocycles. The molecule has 3 rings (SSSR count). The van der Waals surface area contributed by atoms with Gasteiger partial charge in [-0.25, -0.2) is 0 Å². The number of likely N-dealkylation sites (N-methyl/N-ethyl adjacent to an activating group) is 1. The maximum Gasteiger partial charge on any atom is 0.225 e. The first-order valence-corrected chi connectivity index (χ1v) is 8.12. The molecule has 1 amide bonds. The number of fused-ring (bicyclic) bond motifs is 1. The molecule has 1 saturated carbocycles. The van der Waals surface area contributed by atoms with E-state index in [-0.39, 0.29) is 30.3 Å². The van der Waals surface area contributed by atoms with Gasteiger partial charge in [0, 0.05) is 25.6 Å². The lowest BCUT2D eigenvalue weighted by Crippen LogP contribution is -2.34. The van der Waals surface area contributed by atoms with Crippen LogP contribution in [0.5, 0.6) is 0 Å². The molecule has 124 valence electrons. The average molecular weight is 333 g/mol. The number of nitrogens with two attached hydrogens (primary N) is 1. The van der Waals surface area contributed by atoms with Crippen LogP contribution >= 0.6 is 12.4 Å². The first-order chi connectivity index (χ1) is 10.6. The number of rotatable bonds is 4. The zero-order chi connectivity index (χ0) is 15.5. The Hall–Kier alpha value is -1.58. The van der Waals surface area contributed by atoms with Gasteiger partial charge in [-0.1, -0.05) is 42.5 Å². The molecule has 0 aliphatic heterocycles. The third kappa shape index (κ3) is 4.04. The van der Waals surface area contributed by atoms with Crippen molar-refractivity contribution in [3.05, 3.63) is 48.0 Å². The molecule has 23 heavy (non-hydrogen) atoms. The van der Waals surface area contributed by atoms with Gasteiger partial charge in [-0.05, 0) is 42.0 Å². The fourth-order valence-corrected chi connectivity index (χ4v) is 3.46. The van der Waals surface area contributed by atoms with E-state index in [2.05, 4.69) is 42.5 Å². The van der Waals surface area contributed by atoms with E-state index in [1.54, 1.807) is 0 Å². The van der Waals surface area contributed by atoms with Gasteiger partial charge in [-0.3, -0.25) is 4.79 Å². The summed E-state index contributed by atoms with van der Waals surface area (Å²) in [5.41, 5.74) is 7.23. The number of halogens is 1. The molecule has 2 N–H and O–H groups in total. The van der Waals surface area contributed by atoms with Crippen molar-refractivity contribution in [2.75, 3.05) is 13.6 Å². The van der Waals surface area contributed by atoms with Crippen molar-refractivity contribution in [1.82, 2.24) is 4.90 Å². The quantitative estimate of drug-likeness (QED) is 0.932. The van der Waals surface area contributed by atoms with Gasteiger partial charge < -0.3 is 10.6 Å². The summed E-state index contributed by atoms with van der Waals surface area (Å²) in [6.45, 7) is 0.762. The van der Waals surface area contributed by atoms with E-state index >= 15 is 0 Å². The highest BCUT2D eigenvalue weighted by Crippen LogP contribution is 2.26. The van der Waals surface area contributed by atoms with Crippen molar-refractivity contribution < 1.29 is 4.79 Å². The van der Waals surface area contributed by atoms with E-state index in [4.69, 9.17) is 5.73 Å². The Morgan fingerprint density at radius 3 is 2.65 bits per heavy atom. The number of hydrogen-bond acceptors (Lipinski definition) is 2. The molecule has 1 aliphatic rings. The standard InChI is InChI=1S/C19H24N2O.ClH/c1-21(19(22)16-9-10-17(20)13-16)12-11-15-7-4-6-14-5-2-3-8-18(14)15;/h2-8,16-17H,9-13,20H2,1H3;1H. The first kappa shape index (κ1) is 17.8. The molecule has 0 bridgehead atoms. The Labute approximate surface area is 144 Å². The van der Waals surface area contributed by atoms with Crippen LogP contribution in [0.25, 0.3) is 10.8 Å². The lowest BCUT2D eigenvalue weighted by Gasteiger charge is -2.21. The number of carbonyl (C=O) groups is 1. The number of amides is 1. The second-order valence-electron chi connectivity index (χ2n) is 6.42. The van der Waals surface area contributed by atoms with Crippen molar-refractivity contribution in [3.63, 3.8) is 0 Å². The highest BCUT2D eigenvalue weighted by molar-refractivity contribution is 5.86. The number of hydrogen-bond donors (Lipinski definition) is 1. The van der Waals surface area contributed by atoms with E-state index in [1.807, 2.05) is 11.9 Å². The summed E-state index contributed by atoms with van der Waals surface area (Å²) in [7, 11) is 1.91. The monoisotopic (exact) mass is 332 g/mol. The molecule has 1 fully saturated rings. The van der Waals surface area contributed by atoms with Gasteiger partial charge in [0.15, 0.2) is 0 Å². The minimum absolute atomic E-state index is 0. The third-order valence-corrected chi connectivity index (χ3v) is 4.80. The molecule has 4 heteroatoms. The molecule has 0 spiro atoms. The van der Waals surface area contributed by atoms with E-state index in [1.165, 1.54) is 16.3 Å². The third-order valence-electron chi connectivity index (χ3n) is 4.80. The van der Waals surface area contributed by atoms with Gasteiger partial charge in [0.25, 0.3) is 0 Å². The highest BCUT2D eigenvalue weighted by Gasteiger charge is 2.29. The molecule has 0 heterocycles. The summed E-state index contributed by atoms with van der Waals surface area (Å²) in [4.78, 5) is 14.3. The van der Waals surface area contributed by atoms with Crippen LogP contribution in [0.15, 0.2) is 42.5 Å². The fraction of sp³-hybridized carbons (Fsp3) is 0.421. The van der Waals surface area contributed by atoms with Crippen molar-refractivity contribution in [3.8, 4) is 0 Å². The fourth-order valence-electron chi connectivity index (χ4n) is 3.46. The molecular weight excluding hydrogens is 308 g/mol. The van der Waals surface area contributed by atoms with E-state index in [9.17, 15) is 4.79 Å². The normalized spacial score (nSPS) is 20.3. The molecular formula is C19H25ClN2O. The van der Waals surface area contributed by atoms with Gasteiger partial charge >= 0.3 is 0 Å². The van der Waals surface area contributed by atoms with Crippen LogP contribution in [-0.4, -0.2) is 30.4 Å². The van der Waals surface area contributed by atoms with Crippen molar-refractivity contribution in [2.24, 2.45) is 11.7 Å². The second kappa shape index (κ2) is 7.80. The Balaban J connectivity index is 0.00000192. The van der Waals surface area contributed by atoms with Gasteiger partial charge in [0.05, 0.1) is 0 Å². The van der Waals surface area contributed by atoms with Crippen LogP contribution in [0.2, 0.25) is 0 Å². The van der Waals surface area contributed by atoms with Gasteiger partial charge in [-0.15, -0.1) is 12.4 Å². The van der Waals surface area contributed by atoms with Crippen LogP contribution in [0.4, 0.5) is 0 Å². The Morgan fingerprint density at radius 1 is 1.17 bits per heavy atom. The summed E-state index contributed by atoms with van der Waals surface area (Å²) in [5.74, 6) is 0.390. The topological polar surface area (TPSA) is 46.3 Å². The summed E-state index contributed by atoms with van der Waals surface area (Å²) < 4.78 is 0. The van der Waals surface area contributed by atoms with Crippen LogP contribution in [0.1, 0.15) is 24.8 Å². The maximum atomic E-state index is 12.4. The minimum Gasteiger partial charge on any atom is -0.345 e. The molecule has 3 nitrogen and oxygen atoms in total. The van der Waals surface area contributed by atoms with Crippen molar-refractivity contribution in [1.29, 1.82) is 0 Å². The number of nitrogens with zero attached hydrogens (tertiary/aromatic N) is 1. The van der Waals surface area contributed by atoms with Gasteiger partial charge in [-0.2, -0.15) is 0 Å². The summed E-state index contributed by atoms with van der Waals surface area (Å²) in [6.07, 6.45) is 3.66.